The molecule has 4 aromatic carbocycles. The normalized spacial score (nSPS) is 19.0. The van der Waals surface area contributed by atoms with Crippen LogP contribution in [0.3, 0.4) is 0 Å². The van der Waals surface area contributed by atoms with Crippen molar-refractivity contribution in [1.29, 1.82) is 0 Å². The monoisotopic (exact) mass is 829 g/mol. The van der Waals surface area contributed by atoms with E-state index in [-0.39, 0.29) is 44.4 Å². The van der Waals surface area contributed by atoms with Gasteiger partial charge in [0.05, 0.1) is 11.7 Å². The fourth-order valence-electron chi connectivity index (χ4n) is 9.64. The van der Waals surface area contributed by atoms with Crippen LogP contribution in [0.5, 0.6) is 0 Å². The molecule has 0 saturated carbocycles. The Morgan fingerprint density at radius 2 is 1.05 bits per heavy atom. The highest BCUT2D eigenvalue weighted by molar-refractivity contribution is 5.86. The van der Waals surface area contributed by atoms with Gasteiger partial charge in [0.1, 0.15) is 12.0 Å². The maximum absolute atomic E-state index is 6.89. The third-order valence-corrected chi connectivity index (χ3v) is 13.8. The second-order valence-corrected chi connectivity index (χ2v) is 24.0. The summed E-state index contributed by atoms with van der Waals surface area (Å²) in [5.74, 6) is 1.31. The summed E-state index contributed by atoms with van der Waals surface area (Å²) in [7, 11) is 0. The first-order chi connectivity index (χ1) is 28.7. The second kappa shape index (κ2) is 15.8. The molecule has 0 amide bonds. The summed E-state index contributed by atoms with van der Waals surface area (Å²) in [6.07, 6.45) is 9.34. The molecular formula is C59H76N2O. The van der Waals surface area contributed by atoms with Crippen LogP contribution in [0.4, 0.5) is 28.4 Å². The van der Waals surface area contributed by atoms with E-state index in [0.717, 1.165) is 35.7 Å². The molecule has 62 heavy (non-hydrogen) atoms. The summed E-state index contributed by atoms with van der Waals surface area (Å²) < 4.78 is 6.89. The fourth-order valence-corrected chi connectivity index (χ4v) is 9.64. The molecule has 7 rings (SSSR count). The Morgan fingerprint density at radius 1 is 0.548 bits per heavy atom. The van der Waals surface area contributed by atoms with Gasteiger partial charge in [0.2, 0.25) is 0 Å². The summed E-state index contributed by atoms with van der Waals surface area (Å²) in [4.78, 5) is 5.16. The van der Waals surface area contributed by atoms with Crippen LogP contribution in [-0.2, 0) is 27.1 Å². The van der Waals surface area contributed by atoms with Gasteiger partial charge in [-0.2, -0.15) is 0 Å². The first-order valence-electron chi connectivity index (χ1n) is 23.2. The van der Waals surface area contributed by atoms with Crippen LogP contribution in [0, 0.1) is 11.3 Å². The summed E-state index contributed by atoms with van der Waals surface area (Å²) in [6.45, 7) is 39.8. The second-order valence-electron chi connectivity index (χ2n) is 24.0. The van der Waals surface area contributed by atoms with Crippen LogP contribution >= 0.6 is 0 Å². The molecule has 2 aliphatic carbocycles. The summed E-state index contributed by atoms with van der Waals surface area (Å²) in [6, 6.07) is 37.0. The van der Waals surface area contributed by atoms with Crippen molar-refractivity contribution < 1.29 is 4.42 Å². The molecule has 0 radical (unpaired) electrons. The zero-order chi connectivity index (χ0) is 45.4. The van der Waals surface area contributed by atoms with Gasteiger partial charge in [-0.05, 0) is 122 Å². The number of furan rings is 1. The minimum Gasteiger partial charge on any atom is -0.466 e. The van der Waals surface area contributed by atoms with Gasteiger partial charge in [-0.3, -0.25) is 0 Å². The first-order valence-corrected chi connectivity index (χ1v) is 23.2. The van der Waals surface area contributed by atoms with Crippen LogP contribution in [0.1, 0.15) is 164 Å². The van der Waals surface area contributed by atoms with E-state index < -0.39 is 0 Å². The molecule has 3 heteroatoms. The molecular weight excluding hydrogens is 753 g/mol. The largest absolute Gasteiger partial charge is 0.466 e. The number of benzene rings is 4. The highest BCUT2D eigenvalue weighted by Gasteiger charge is 2.45. The van der Waals surface area contributed by atoms with Gasteiger partial charge < -0.3 is 14.2 Å². The van der Waals surface area contributed by atoms with Crippen LogP contribution < -0.4 is 9.80 Å². The summed E-state index contributed by atoms with van der Waals surface area (Å²) in [5, 5.41) is 0. The van der Waals surface area contributed by atoms with Crippen molar-refractivity contribution in [2.45, 2.75) is 164 Å². The maximum atomic E-state index is 6.89. The van der Waals surface area contributed by atoms with Gasteiger partial charge in [0, 0.05) is 33.7 Å². The lowest BCUT2D eigenvalue weighted by molar-refractivity contribution is 0.278. The van der Waals surface area contributed by atoms with Crippen molar-refractivity contribution in [2.24, 2.45) is 11.3 Å². The van der Waals surface area contributed by atoms with Gasteiger partial charge in [-0.1, -0.05) is 184 Å². The maximum Gasteiger partial charge on any atom is 0.115 e. The van der Waals surface area contributed by atoms with Crippen LogP contribution in [0.25, 0.3) is 5.57 Å². The average molecular weight is 829 g/mol. The Labute approximate surface area is 376 Å². The van der Waals surface area contributed by atoms with E-state index in [1.54, 1.807) is 0 Å². The predicted octanol–water partition coefficient (Wildman–Crippen LogP) is 17.2. The molecule has 0 spiro atoms. The third kappa shape index (κ3) is 8.89. The smallest absolute Gasteiger partial charge is 0.115 e. The molecule has 3 nitrogen and oxygen atoms in total. The van der Waals surface area contributed by atoms with Crippen molar-refractivity contribution >= 4 is 34.0 Å². The van der Waals surface area contributed by atoms with E-state index in [2.05, 4.69) is 243 Å². The van der Waals surface area contributed by atoms with Gasteiger partial charge in [-0.15, -0.1) is 0 Å². The molecule has 2 unspecified atom stereocenters. The standard InChI is InChI=1S/C59H76N2O/c1-39-33-43(56(8,9)10)36-49(40-21-19-18-20-22-40)52(39)61(50-38-62-53-51(50)58(14,15)31-32-59(53,16)17)48-35-44(57(11,12)13)34-47(37-48)60(45-27-23-41(24-28-45)54(2,3)4)46-29-25-42(26-30-46)55(5,6)7/h18-30,33-39,52H,31-32H2,1-17H3. The van der Waals surface area contributed by atoms with E-state index in [9.17, 15) is 0 Å². The third-order valence-electron chi connectivity index (χ3n) is 13.8. The molecule has 2 aliphatic rings. The number of allylic oxidation sites excluding steroid dienone is 2. The fraction of sp³-hybridized carbons (Fsp3) is 0.458. The lowest BCUT2D eigenvalue weighted by Gasteiger charge is -2.45. The molecule has 0 bridgehead atoms. The quantitative estimate of drug-likeness (QED) is 0.163. The molecule has 1 heterocycles. The zero-order valence-electron chi connectivity index (χ0n) is 41.3. The topological polar surface area (TPSA) is 19.6 Å². The lowest BCUT2D eigenvalue weighted by atomic mass is 9.65. The Kier molecular flexibility index (Phi) is 11.5. The first kappa shape index (κ1) is 45.3. The van der Waals surface area contributed by atoms with Crippen LogP contribution in [0.15, 0.2) is 125 Å². The SMILES string of the molecule is CC1C=C(C(C)(C)C)C=C(c2ccccc2)C1N(c1cc(N(c2ccc(C(C)(C)C)cc2)c2ccc(C(C)(C)C)cc2)cc(C(C)(C)C)c1)c1coc2c1C(C)(C)CCC2(C)C. The van der Waals surface area contributed by atoms with Crippen LogP contribution in [0.2, 0.25) is 0 Å². The molecule has 5 aromatic rings. The molecule has 328 valence electrons. The molecule has 1 aromatic heterocycles. The molecule has 0 fully saturated rings. The summed E-state index contributed by atoms with van der Waals surface area (Å²) >= 11 is 0. The average Bonchev–Trinajstić information content (AvgIpc) is 3.65. The van der Waals surface area contributed by atoms with Gasteiger partial charge in [0.15, 0.2) is 0 Å². The van der Waals surface area contributed by atoms with E-state index >= 15 is 0 Å². The molecule has 0 saturated heterocycles. The molecule has 0 aliphatic heterocycles. The number of fused-ring (bicyclic) bond motifs is 1. The Morgan fingerprint density at radius 3 is 1.55 bits per heavy atom. The van der Waals surface area contributed by atoms with Gasteiger partial charge >= 0.3 is 0 Å². The minimum absolute atomic E-state index is 0.00416. The van der Waals surface area contributed by atoms with Gasteiger partial charge in [0.25, 0.3) is 0 Å². The van der Waals surface area contributed by atoms with Crippen LogP contribution in [-0.4, -0.2) is 6.04 Å². The molecule has 0 N–H and O–H groups in total. The Hall–Kier alpha value is -4.76. The van der Waals surface area contributed by atoms with E-state index in [4.69, 9.17) is 4.42 Å². The minimum atomic E-state index is -0.138. The van der Waals surface area contributed by atoms with Gasteiger partial charge in [-0.25, -0.2) is 0 Å². The van der Waals surface area contributed by atoms with Crippen molar-refractivity contribution in [1.82, 2.24) is 0 Å². The number of hydrogen-bond donors (Lipinski definition) is 0. The highest BCUT2D eigenvalue weighted by Crippen LogP contribution is 2.55. The number of hydrogen-bond acceptors (Lipinski definition) is 3. The zero-order valence-corrected chi connectivity index (χ0v) is 41.3. The number of anilines is 5. The number of nitrogens with zero attached hydrogens (tertiary/aromatic N) is 2. The number of rotatable bonds is 7. The van der Waals surface area contributed by atoms with Crippen molar-refractivity contribution in [3.63, 3.8) is 0 Å². The lowest BCUT2D eigenvalue weighted by Crippen LogP contribution is -2.41. The summed E-state index contributed by atoms with van der Waals surface area (Å²) in [5.41, 5.74) is 14.8. The van der Waals surface area contributed by atoms with E-state index in [1.807, 2.05) is 0 Å². The molecule has 2 atom stereocenters. The predicted molar refractivity (Wildman–Crippen MR) is 268 cm³/mol. The highest BCUT2D eigenvalue weighted by atomic mass is 16.3. The Bertz CT molecular complexity index is 2390. The van der Waals surface area contributed by atoms with Crippen molar-refractivity contribution in [2.75, 3.05) is 9.80 Å². The van der Waals surface area contributed by atoms with Crippen molar-refractivity contribution in [3.05, 3.63) is 155 Å². The Balaban J connectivity index is 1.56. The van der Waals surface area contributed by atoms with E-state index in [0.29, 0.717) is 0 Å². The van der Waals surface area contributed by atoms with E-state index in [1.165, 1.54) is 50.3 Å². The van der Waals surface area contributed by atoms with Crippen molar-refractivity contribution in [3.8, 4) is 0 Å².